The summed E-state index contributed by atoms with van der Waals surface area (Å²) < 4.78 is 5.80. The normalized spacial score (nSPS) is 24.8. The van der Waals surface area contributed by atoms with Crippen molar-refractivity contribution in [2.75, 3.05) is 13.7 Å². The fourth-order valence-corrected chi connectivity index (χ4v) is 2.90. The molecule has 0 aliphatic carbocycles. The summed E-state index contributed by atoms with van der Waals surface area (Å²) in [5.41, 5.74) is 0. The molecule has 1 N–H and O–H groups in total. The Bertz CT molecular complexity index is 254. The maximum Gasteiger partial charge on any atom is 0.0777 e. The fraction of sp³-hybridized carbons (Fsp3) is 0.636. The first-order valence-electron chi connectivity index (χ1n) is 5.24. The molecule has 1 aliphatic heterocycles. The lowest BCUT2D eigenvalue weighted by Gasteiger charge is -2.29. The summed E-state index contributed by atoms with van der Waals surface area (Å²) in [4.78, 5) is 1.39. The van der Waals surface area contributed by atoms with Crippen molar-refractivity contribution >= 4 is 11.3 Å². The zero-order valence-electron chi connectivity index (χ0n) is 8.53. The molecule has 3 heteroatoms. The number of thiophene rings is 1. The summed E-state index contributed by atoms with van der Waals surface area (Å²) in [5, 5.41) is 5.49. The predicted octanol–water partition coefficient (Wildman–Crippen LogP) is 2.58. The second-order valence-electron chi connectivity index (χ2n) is 3.69. The number of hydrogen-bond acceptors (Lipinski definition) is 3. The van der Waals surface area contributed by atoms with Crippen LogP contribution in [-0.2, 0) is 4.74 Å². The van der Waals surface area contributed by atoms with Gasteiger partial charge in [0, 0.05) is 11.5 Å². The van der Waals surface area contributed by atoms with E-state index in [9.17, 15) is 0 Å². The molecule has 1 aromatic heterocycles. The van der Waals surface area contributed by atoms with Gasteiger partial charge in [0.25, 0.3) is 0 Å². The van der Waals surface area contributed by atoms with E-state index in [2.05, 4.69) is 22.8 Å². The average Bonchev–Trinajstić information content (AvgIpc) is 2.74. The Hall–Kier alpha value is -0.380. The van der Waals surface area contributed by atoms with Gasteiger partial charge >= 0.3 is 0 Å². The Morgan fingerprint density at radius 2 is 2.50 bits per heavy atom. The Morgan fingerprint density at radius 1 is 1.57 bits per heavy atom. The highest BCUT2D eigenvalue weighted by molar-refractivity contribution is 7.10. The highest BCUT2D eigenvalue weighted by Gasteiger charge is 2.24. The third kappa shape index (κ3) is 2.16. The molecule has 78 valence electrons. The lowest BCUT2D eigenvalue weighted by Crippen LogP contribution is -2.33. The van der Waals surface area contributed by atoms with Gasteiger partial charge in [-0.1, -0.05) is 6.07 Å². The molecular weight excluding hydrogens is 194 g/mol. The Labute approximate surface area is 89.3 Å². The Balaban J connectivity index is 2.04. The monoisotopic (exact) mass is 211 g/mol. The SMILES string of the molecule is CNC(c1cccs1)C1CCCCO1. The van der Waals surface area contributed by atoms with Crippen LogP contribution in [0.1, 0.15) is 30.2 Å². The highest BCUT2D eigenvalue weighted by atomic mass is 32.1. The Morgan fingerprint density at radius 3 is 3.07 bits per heavy atom. The highest BCUT2D eigenvalue weighted by Crippen LogP contribution is 2.28. The first-order chi connectivity index (χ1) is 6.92. The van der Waals surface area contributed by atoms with Crippen LogP contribution in [0.25, 0.3) is 0 Å². The first-order valence-corrected chi connectivity index (χ1v) is 6.12. The summed E-state index contributed by atoms with van der Waals surface area (Å²) in [6.07, 6.45) is 4.07. The zero-order valence-corrected chi connectivity index (χ0v) is 9.35. The van der Waals surface area contributed by atoms with Crippen LogP contribution in [0.5, 0.6) is 0 Å². The largest absolute Gasteiger partial charge is 0.376 e. The molecule has 1 aromatic rings. The van der Waals surface area contributed by atoms with Gasteiger partial charge in [0.2, 0.25) is 0 Å². The predicted molar refractivity (Wildman–Crippen MR) is 59.7 cm³/mol. The molecule has 1 saturated heterocycles. The van der Waals surface area contributed by atoms with Crippen molar-refractivity contribution in [1.82, 2.24) is 5.32 Å². The minimum Gasteiger partial charge on any atom is -0.376 e. The van der Waals surface area contributed by atoms with E-state index in [0.29, 0.717) is 12.1 Å². The van der Waals surface area contributed by atoms with Gasteiger partial charge in [-0.05, 0) is 37.8 Å². The van der Waals surface area contributed by atoms with E-state index in [-0.39, 0.29) is 0 Å². The van der Waals surface area contributed by atoms with Crippen LogP contribution < -0.4 is 5.32 Å². The second-order valence-corrected chi connectivity index (χ2v) is 4.67. The van der Waals surface area contributed by atoms with Crippen LogP contribution >= 0.6 is 11.3 Å². The van der Waals surface area contributed by atoms with E-state index >= 15 is 0 Å². The van der Waals surface area contributed by atoms with Crippen molar-refractivity contribution in [3.05, 3.63) is 22.4 Å². The number of hydrogen-bond donors (Lipinski definition) is 1. The van der Waals surface area contributed by atoms with Gasteiger partial charge in [-0.15, -0.1) is 11.3 Å². The maximum atomic E-state index is 5.80. The van der Waals surface area contributed by atoms with Gasteiger partial charge in [-0.2, -0.15) is 0 Å². The lowest BCUT2D eigenvalue weighted by molar-refractivity contribution is -0.00588. The summed E-state index contributed by atoms with van der Waals surface area (Å²) >= 11 is 1.81. The van der Waals surface area contributed by atoms with Gasteiger partial charge in [0.05, 0.1) is 12.1 Å². The van der Waals surface area contributed by atoms with Crippen LogP contribution in [0.3, 0.4) is 0 Å². The van der Waals surface area contributed by atoms with Crippen molar-refractivity contribution in [2.45, 2.75) is 31.4 Å². The van der Waals surface area contributed by atoms with E-state index in [1.54, 1.807) is 11.3 Å². The van der Waals surface area contributed by atoms with Gasteiger partial charge in [-0.3, -0.25) is 0 Å². The quantitative estimate of drug-likeness (QED) is 0.829. The topological polar surface area (TPSA) is 21.3 Å². The second kappa shape index (κ2) is 4.91. The van der Waals surface area contributed by atoms with Crippen LogP contribution in [-0.4, -0.2) is 19.8 Å². The molecule has 0 bridgehead atoms. The van der Waals surface area contributed by atoms with Crippen LogP contribution in [0, 0.1) is 0 Å². The molecule has 0 amide bonds. The first kappa shape index (κ1) is 10.1. The van der Waals surface area contributed by atoms with Gasteiger partial charge in [0.15, 0.2) is 0 Å². The molecule has 0 aromatic carbocycles. The average molecular weight is 211 g/mol. The summed E-state index contributed by atoms with van der Waals surface area (Å²) in [6.45, 7) is 0.925. The van der Waals surface area contributed by atoms with E-state index in [1.807, 2.05) is 7.05 Å². The van der Waals surface area contributed by atoms with Crippen molar-refractivity contribution < 1.29 is 4.74 Å². The van der Waals surface area contributed by atoms with Crippen molar-refractivity contribution in [1.29, 1.82) is 0 Å². The Kier molecular flexibility index (Phi) is 3.56. The molecule has 0 spiro atoms. The third-order valence-electron chi connectivity index (χ3n) is 2.75. The number of nitrogens with one attached hydrogen (secondary N) is 1. The van der Waals surface area contributed by atoms with Crippen LogP contribution in [0.2, 0.25) is 0 Å². The number of ether oxygens (including phenoxy) is 1. The third-order valence-corrected chi connectivity index (χ3v) is 3.70. The van der Waals surface area contributed by atoms with Crippen LogP contribution in [0.4, 0.5) is 0 Å². The molecule has 0 saturated carbocycles. The molecule has 2 atom stereocenters. The standard InChI is InChI=1S/C11H17NOS/c1-12-11(10-6-4-8-14-10)9-5-2-3-7-13-9/h4,6,8-9,11-12H,2-3,5,7H2,1H3. The van der Waals surface area contributed by atoms with Crippen molar-refractivity contribution in [3.63, 3.8) is 0 Å². The molecule has 2 rings (SSSR count). The molecular formula is C11H17NOS. The van der Waals surface area contributed by atoms with E-state index in [1.165, 1.54) is 24.1 Å². The summed E-state index contributed by atoms with van der Waals surface area (Å²) in [6, 6.07) is 4.67. The fourth-order valence-electron chi connectivity index (χ4n) is 2.01. The van der Waals surface area contributed by atoms with Crippen LogP contribution in [0.15, 0.2) is 17.5 Å². The van der Waals surface area contributed by atoms with E-state index in [0.717, 1.165) is 6.61 Å². The molecule has 2 unspecified atom stereocenters. The van der Waals surface area contributed by atoms with E-state index in [4.69, 9.17) is 4.74 Å². The van der Waals surface area contributed by atoms with Gasteiger partial charge < -0.3 is 10.1 Å². The minimum atomic E-state index is 0.368. The van der Waals surface area contributed by atoms with Gasteiger partial charge in [0.1, 0.15) is 0 Å². The number of rotatable bonds is 3. The van der Waals surface area contributed by atoms with Crippen molar-refractivity contribution in [2.24, 2.45) is 0 Å². The number of likely N-dealkylation sites (N-methyl/N-ethyl adjacent to an activating group) is 1. The molecule has 2 heterocycles. The molecule has 1 aliphatic rings. The molecule has 1 fully saturated rings. The lowest BCUT2D eigenvalue weighted by atomic mass is 10.0. The maximum absolute atomic E-state index is 5.80. The minimum absolute atomic E-state index is 0.368. The molecule has 0 radical (unpaired) electrons. The smallest absolute Gasteiger partial charge is 0.0777 e. The summed E-state index contributed by atoms with van der Waals surface area (Å²) in [5.74, 6) is 0. The van der Waals surface area contributed by atoms with Crippen molar-refractivity contribution in [3.8, 4) is 0 Å². The summed E-state index contributed by atoms with van der Waals surface area (Å²) in [7, 11) is 2.02. The zero-order chi connectivity index (χ0) is 9.80. The van der Waals surface area contributed by atoms with E-state index < -0.39 is 0 Å². The van der Waals surface area contributed by atoms with Gasteiger partial charge in [-0.25, -0.2) is 0 Å². The molecule has 2 nitrogen and oxygen atoms in total. The molecule has 14 heavy (non-hydrogen) atoms.